The minimum Gasteiger partial charge on any atom is -0.472 e. The summed E-state index contributed by atoms with van der Waals surface area (Å²) in [4.78, 5) is 11.9. The van der Waals surface area contributed by atoms with Crippen LogP contribution < -0.4 is 5.32 Å². The maximum atomic E-state index is 11.9. The molecule has 0 saturated heterocycles. The van der Waals surface area contributed by atoms with E-state index in [-0.39, 0.29) is 5.91 Å². The number of rotatable bonds is 6. The number of carbonyl (C=O) groups excluding carboxylic acids is 1. The first-order valence-electron chi connectivity index (χ1n) is 6.68. The van der Waals surface area contributed by atoms with Crippen molar-refractivity contribution >= 4 is 5.91 Å². The summed E-state index contributed by atoms with van der Waals surface area (Å²) >= 11 is 0. The van der Waals surface area contributed by atoms with E-state index in [0.717, 1.165) is 24.8 Å². The van der Waals surface area contributed by atoms with Crippen molar-refractivity contribution in [1.82, 2.24) is 5.32 Å². The van der Waals surface area contributed by atoms with E-state index < -0.39 is 0 Å². The van der Waals surface area contributed by atoms with Crippen LogP contribution in [0.15, 0.2) is 47.3 Å². The molecule has 19 heavy (non-hydrogen) atoms. The number of hydrogen-bond donors (Lipinski definition) is 1. The van der Waals surface area contributed by atoms with E-state index >= 15 is 0 Å². The van der Waals surface area contributed by atoms with Crippen molar-refractivity contribution < 1.29 is 9.21 Å². The first-order chi connectivity index (χ1) is 9.29. The molecule has 0 spiro atoms. The van der Waals surface area contributed by atoms with Crippen LogP contribution in [0.2, 0.25) is 0 Å². The predicted molar refractivity (Wildman–Crippen MR) is 75.2 cm³/mol. The van der Waals surface area contributed by atoms with Gasteiger partial charge in [-0.15, -0.1) is 0 Å². The molecule has 0 saturated carbocycles. The molecule has 0 aliphatic heterocycles. The van der Waals surface area contributed by atoms with Gasteiger partial charge in [0, 0.05) is 12.1 Å². The number of benzene rings is 1. The summed E-state index contributed by atoms with van der Waals surface area (Å²) in [6.45, 7) is 2.77. The third kappa shape index (κ3) is 3.98. The molecule has 1 aromatic heterocycles. The molecule has 0 unspecified atom stereocenters. The molecule has 1 N–H and O–H groups in total. The van der Waals surface area contributed by atoms with Gasteiger partial charge in [-0.1, -0.05) is 25.5 Å². The van der Waals surface area contributed by atoms with Crippen LogP contribution in [0.1, 0.15) is 34.8 Å². The molecule has 0 aliphatic rings. The number of carbonyl (C=O) groups is 1. The second-order valence-corrected chi connectivity index (χ2v) is 4.58. The van der Waals surface area contributed by atoms with Gasteiger partial charge in [-0.2, -0.15) is 0 Å². The molecule has 1 heterocycles. The number of nitrogens with one attached hydrogen (secondary N) is 1. The smallest absolute Gasteiger partial charge is 0.251 e. The van der Waals surface area contributed by atoms with E-state index in [1.807, 2.05) is 30.3 Å². The minimum absolute atomic E-state index is 0.0217. The molecule has 2 rings (SSSR count). The van der Waals surface area contributed by atoms with Gasteiger partial charge in [0.1, 0.15) is 0 Å². The lowest BCUT2D eigenvalue weighted by Gasteiger charge is -2.05. The molecular formula is C16H19NO2. The summed E-state index contributed by atoms with van der Waals surface area (Å²) < 4.78 is 4.98. The summed E-state index contributed by atoms with van der Waals surface area (Å²) in [7, 11) is 0. The van der Waals surface area contributed by atoms with Crippen molar-refractivity contribution in [3.05, 3.63) is 59.5 Å². The highest BCUT2D eigenvalue weighted by atomic mass is 16.3. The lowest BCUT2D eigenvalue weighted by Crippen LogP contribution is -2.25. The van der Waals surface area contributed by atoms with Gasteiger partial charge in [-0.05, 0) is 42.2 Å². The highest BCUT2D eigenvalue weighted by Crippen LogP contribution is 2.07. The molecule has 0 bridgehead atoms. The molecule has 0 aliphatic carbocycles. The Bertz CT molecular complexity index is 500. The first kappa shape index (κ1) is 13.4. The molecular weight excluding hydrogens is 238 g/mol. The molecule has 0 fully saturated rings. The van der Waals surface area contributed by atoms with Crippen molar-refractivity contribution in [3.63, 3.8) is 0 Å². The second-order valence-electron chi connectivity index (χ2n) is 4.58. The monoisotopic (exact) mass is 257 g/mol. The average molecular weight is 257 g/mol. The minimum atomic E-state index is -0.0217. The Morgan fingerprint density at radius 1 is 1.11 bits per heavy atom. The standard InChI is InChI=1S/C16H19NO2/c1-2-3-13-4-6-15(7-5-13)16(18)17-10-8-14-9-11-19-12-14/h4-7,9,11-12H,2-3,8,10H2,1H3,(H,17,18). The van der Waals surface area contributed by atoms with Crippen LogP contribution in [0.25, 0.3) is 0 Å². The van der Waals surface area contributed by atoms with Crippen LogP contribution in [0.5, 0.6) is 0 Å². The van der Waals surface area contributed by atoms with Crippen molar-refractivity contribution in [2.24, 2.45) is 0 Å². The quantitative estimate of drug-likeness (QED) is 0.863. The topological polar surface area (TPSA) is 42.2 Å². The molecule has 3 heteroatoms. The summed E-state index contributed by atoms with van der Waals surface area (Å²) in [5, 5.41) is 2.91. The normalized spacial score (nSPS) is 10.4. The molecule has 100 valence electrons. The SMILES string of the molecule is CCCc1ccc(C(=O)NCCc2ccoc2)cc1. The molecule has 1 aromatic carbocycles. The fourth-order valence-electron chi connectivity index (χ4n) is 1.97. The van der Waals surface area contributed by atoms with Crippen LogP contribution in [-0.2, 0) is 12.8 Å². The van der Waals surface area contributed by atoms with Gasteiger partial charge < -0.3 is 9.73 Å². The maximum absolute atomic E-state index is 11.9. The van der Waals surface area contributed by atoms with Gasteiger partial charge in [0.25, 0.3) is 5.91 Å². The van der Waals surface area contributed by atoms with Gasteiger partial charge in [0.15, 0.2) is 0 Å². The van der Waals surface area contributed by atoms with Gasteiger partial charge in [-0.3, -0.25) is 4.79 Å². The lowest BCUT2D eigenvalue weighted by molar-refractivity contribution is 0.0954. The molecule has 2 aromatic rings. The zero-order valence-electron chi connectivity index (χ0n) is 11.2. The van der Waals surface area contributed by atoms with Crippen molar-refractivity contribution in [2.45, 2.75) is 26.2 Å². The fraction of sp³-hybridized carbons (Fsp3) is 0.312. The first-order valence-corrected chi connectivity index (χ1v) is 6.68. The number of aryl methyl sites for hydroxylation is 1. The Balaban J connectivity index is 1.82. The fourth-order valence-corrected chi connectivity index (χ4v) is 1.97. The van der Waals surface area contributed by atoms with E-state index in [0.29, 0.717) is 12.1 Å². The summed E-state index contributed by atoms with van der Waals surface area (Å²) in [5.74, 6) is -0.0217. The summed E-state index contributed by atoms with van der Waals surface area (Å²) in [6.07, 6.45) is 6.31. The van der Waals surface area contributed by atoms with Crippen LogP contribution >= 0.6 is 0 Å². The van der Waals surface area contributed by atoms with Gasteiger partial charge >= 0.3 is 0 Å². The largest absolute Gasteiger partial charge is 0.472 e. The van der Waals surface area contributed by atoms with Gasteiger partial charge in [0.05, 0.1) is 12.5 Å². The van der Waals surface area contributed by atoms with Crippen LogP contribution in [-0.4, -0.2) is 12.5 Å². The van der Waals surface area contributed by atoms with E-state index in [1.165, 1.54) is 5.56 Å². The van der Waals surface area contributed by atoms with Crippen LogP contribution in [0.4, 0.5) is 0 Å². The zero-order valence-corrected chi connectivity index (χ0v) is 11.2. The Hall–Kier alpha value is -2.03. The zero-order chi connectivity index (χ0) is 13.5. The predicted octanol–water partition coefficient (Wildman–Crippen LogP) is 3.20. The molecule has 0 radical (unpaired) electrons. The van der Waals surface area contributed by atoms with E-state index in [2.05, 4.69) is 12.2 Å². The van der Waals surface area contributed by atoms with Crippen molar-refractivity contribution in [2.75, 3.05) is 6.54 Å². The van der Waals surface area contributed by atoms with E-state index in [9.17, 15) is 4.79 Å². The third-order valence-corrected chi connectivity index (χ3v) is 3.03. The van der Waals surface area contributed by atoms with Crippen molar-refractivity contribution in [1.29, 1.82) is 0 Å². The Morgan fingerprint density at radius 2 is 1.89 bits per heavy atom. The third-order valence-electron chi connectivity index (χ3n) is 3.03. The van der Waals surface area contributed by atoms with Gasteiger partial charge in [-0.25, -0.2) is 0 Å². The van der Waals surface area contributed by atoms with Crippen LogP contribution in [0, 0.1) is 0 Å². The van der Waals surface area contributed by atoms with Crippen LogP contribution in [0.3, 0.4) is 0 Å². The number of amides is 1. The Kier molecular flexibility index (Phi) is 4.78. The Morgan fingerprint density at radius 3 is 2.53 bits per heavy atom. The summed E-state index contributed by atoms with van der Waals surface area (Å²) in [5.41, 5.74) is 3.09. The molecule has 1 amide bonds. The number of furan rings is 1. The van der Waals surface area contributed by atoms with E-state index in [4.69, 9.17) is 4.42 Å². The van der Waals surface area contributed by atoms with Crippen molar-refractivity contribution in [3.8, 4) is 0 Å². The lowest BCUT2D eigenvalue weighted by atomic mass is 10.1. The number of hydrogen-bond acceptors (Lipinski definition) is 2. The highest BCUT2D eigenvalue weighted by Gasteiger charge is 2.04. The average Bonchev–Trinajstić information content (AvgIpc) is 2.93. The summed E-state index contributed by atoms with van der Waals surface area (Å²) in [6, 6.07) is 9.73. The second kappa shape index (κ2) is 6.78. The molecule has 3 nitrogen and oxygen atoms in total. The Labute approximate surface area is 113 Å². The highest BCUT2D eigenvalue weighted by molar-refractivity contribution is 5.94. The molecule has 0 atom stereocenters. The van der Waals surface area contributed by atoms with E-state index in [1.54, 1.807) is 12.5 Å². The van der Waals surface area contributed by atoms with Gasteiger partial charge in [0.2, 0.25) is 0 Å². The maximum Gasteiger partial charge on any atom is 0.251 e.